The Kier molecular flexibility index (Phi) is 5.50. The number of benzene rings is 1. The second kappa shape index (κ2) is 8.41. The Morgan fingerprint density at radius 3 is 2.56 bits per heavy atom. The van der Waals surface area contributed by atoms with Crippen LogP contribution in [-0.4, -0.2) is 30.4 Å². The molecule has 1 amide bonds. The predicted octanol–water partition coefficient (Wildman–Crippen LogP) is 1.43. The Hall–Kier alpha value is -4.35. The zero-order valence-corrected chi connectivity index (χ0v) is 17.0. The van der Waals surface area contributed by atoms with Crippen LogP contribution < -0.4 is 16.6 Å². The fraction of sp³-hybridized carbons (Fsp3) is 0.200. The zero-order valence-electron chi connectivity index (χ0n) is 17.0. The maximum Gasteiger partial charge on any atom is 0.352 e. The van der Waals surface area contributed by atoms with Crippen molar-refractivity contribution >= 4 is 5.91 Å². The first-order valence-corrected chi connectivity index (χ1v) is 9.55. The van der Waals surface area contributed by atoms with Gasteiger partial charge in [-0.15, -0.1) is 0 Å². The number of aromatic nitrogens is 5. The number of hydrogen-bond acceptors (Lipinski definition) is 8. The van der Waals surface area contributed by atoms with Crippen LogP contribution in [0.4, 0.5) is 4.39 Å². The molecule has 0 spiro atoms. The molecule has 1 aromatic carbocycles. The van der Waals surface area contributed by atoms with Crippen LogP contribution in [-0.2, 0) is 13.1 Å². The lowest BCUT2D eigenvalue weighted by atomic mass is 10.3. The van der Waals surface area contributed by atoms with E-state index in [1.165, 1.54) is 12.1 Å². The van der Waals surface area contributed by atoms with Crippen molar-refractivity contribution < 1.29 is 18.1 Å². The van der Waals surface area contributed by atoms with Crippen LogP contribution in [0.5, 0.6) is 0 Å². The van der Waals surface area contributed by atoms with Gasteiger partial charge in [0, 0.05) is 6.54 Å². The minimum atomic E-state index is -0.755. The van der Waals surface area contributed by atoms with E-state index >= 15 is 0 Å². The van der Waals surface area contributed by atoms with E-state index in [2.05, 4.69) is 20.6 Å². The summed E-state index contributed by atoms with van der Waals surface area (Å²) in [7, 11) is 0. The summed E-state index contributed by atoms with van der Waals surface area (Å²) in [4.78, 5) is 41.7. The number of aryl methyl sites for hydroxylation is 1. The maximum absolute atomic E-state index is 13.3. The van der Waals surface area contributed by atoms with Crippen LogP contribution in [0.1, 0.15) is 29.1 Å². The molecule has 12 heteroatoms. The normalized spacial score (nSPS) is 11.0. The van der Waals surface area contributed by atoms with E-state index in [4.69, 9.17) is 8.94 Å². The molecule has 0 aliphatic rings. The van der Waals surface area contributed by atoms with Crippen LogP contribution >= 0.6 is 0 Å². The van der Waals surface area contributed by atoms with Gasteiger partial charge >= 0.3 is 17.5 Å². The monoisotopic (exact) mass is 440 g/mol. The Morgan fingerprint density at radius 2 is 1.91 bits per heavy atom. The van der Waals surface area contributed by atoms with Gasteiger partial charge in [-0.2, -0.15) is 14.8 Å². The van der Waals surface area contributed by atoms with Gasteiger partial charge in [0.1, 0.15) is 17.3 Å². The average molecular weight is 440 g/mol. The third kappa shape index (κ3) is 3.97. The summed E-state index contributed by atoms with van der Waals surface area (Å²) < 4.78 is 25.4. The Bertz CT molecular complexity index is 1400. The minimum Gasteiger partial charge on any atom is -0.465 e. The molecule has 164 valence electrons. The molecular weight excluding hydrogens is 423 g/mol. The highest BCUT2D eigenvalue weighted by molar-refractivity contribution is 5.89. The van der Waals surface area contributed by atoms with E-state index in [1.807, 2.05) is 0 Å². The molecule has 11 nitrogen and oxygen atoms in total. The van der Waals surface area contributed by atoms with Crippen molar-refractivity contribution in [1.82, 2.24) is 29.8 Å². The molecule has 32 heavy (non-hydrogen) atoms. The Morgan fingerprint density at radius 1 is 1.16 bits per heavy atom. The molecule has 4 rings (SSSR count). The smallest absolute Gasteiger partial charge is 0.352 e. The Balaban J connectivity index is 1.67. The third-order valence-corrected chi connectivity index (χ3v) is 4.50. The quantitative estimate of drug-likeness (QED) is 0.475. The summed E-state index contributed by atoms with van der Waals surface area (Å²) in [5, 5.41) is 10.3. The number of nitrogens with zero attached hydrogens (tertiary/aromatic N) is 5. The molecule has 3 aromatic heterocycles. The predicted molar refractivity (Wildman–Crippen MR) is 108 cm³/mol. The molecule has 0 unspecified atom stereocenters. The van der Waals surface area contributed by atoms with Gasteiger partial charge in [0.05, 0.1) is 12.2 Å². The van der Waals surface area contributed by atoms with Crippen LogP contribution in [0.2, 0.25) is 0 Å². The number of furan rings is 1. The molecule has 0 radical (unpaired) electrons. The lowest BCUT2D eigenvalue weighted by molar-refractivity contribution is 0.0904. The van der Waals surface area contributed by atoms with E-state index < -0.39 is 28.9 Å². The molecule has 0 saturated heterocycles. The second-order valence-electron chi connectivity index (χ2n) is 6.69. The van der Waals surface area contributed by atoms with Crippen LogP contribution in [0.15, 0.2) is 54.9 Å². The number of nitrogens with one attached hydrogen (secondary N) is 1. The molecule has 0 atom stereocenters. The minimum absolute atomic E-state index is 0.0438. The van der Waals surface area contributed by atoms with Crippen LogP contribution in [0, 0.1) is 12.7 Å². The van der Waals surface area contributed by atoms with Crippen molar-refractivity contribution in [2.24, 2.45) is 0 Å². The molecule has 0 bridgehead atoms. The number of hydrogen-bond donors (Lipinski definition) is 1. The van der Waals surface area contributed by atoms with Crippen molar-refractivity contribution in [3.8, 4) is 17.2 Å². The lowest BCUT2D eigenvalue weighted by Gasteiger charge is -2.09. The fourth-order valence-electron chi connectivity index (χ4n) is 2.92. The van der Waals surface area contributed by atoms with E-state index in [9.17, 15) is 18.8 Å². The van der Waals surface area contributed by atoms with Gasteiger partial charge in [-0.1, -0.05) is 5.16 Å². The lowest BCUT2D eigenvalue weighted by Crippen LogP contribution is -2.41. The summed E-state index contributed by atoms with van der Waals surface area (Å²) in [6.07, 6.45) is 0. The first-order valence-electron chi connectivity index (χ1n) is 9.55. The van der Waals surface area contributed by atoms with Gasteiger partial charge in [0.2, 0.25) is 5.82 Å². The SMILES string of the molecule is CCn1c(=O)c(-c2noc(C(=O)NCc3ccc(C)o3)n2)nn(-c2ccc(F)cc2)c1=O. The number of amides is 1. The zero-order chi connectivity index (χ0) is 22.8. The highest BCUT2D eigenvalue weighted by Crippen LogP contribution is 2.11. The van der Waals surface area contributed by atoms with Gasteiger partial charge in [-0.3, -0.25) is 14.2 Å². The molecule has 3 heterocycles. The highest BCUT2D eigenvalue weighted by atomic mass is 19.1. The summed E-state index contributed by atoms with van der Waals surface area (Å²) >= 11 is 0. The molecule has 1 N–H and O–H groups in total. The highest BCUT2D eigenvalue weighted by Gasteiger charge is 2.22. The molecule has 0 fully saturated rings. The summed E-state index contributed by atoms with van der Waals surface area (Å²) in [6, 6.07) is 8.45. The van der Waals surface area contributed by atoms with Crippen molar-refractivity contribution in [3.05, 3.63) is 80.5 Å². The van der Waals surface area contributed by atoms with Crippen molar-refractivity contribution in [3.63, 3.8) is 0 Å². The largest absolute Gasteiger partial charge is 0.465 e. The summed E-state index contributed by atoms with van der Waals surface area (Å²) in [5.74, 6) is -0.609. The fourth-order valence-corrected chi connectivity index (χ4v) is 2.92. The third-order valence-electron chi connectivity index (χ3n) is 4.50. The first kappa shape index (κ1) is 20.9. The van der Waals surface area contributed by atoms with Crippen molar-refractivity contribution in [2.75, 3.05) is 0 Å². The standard InChI is InChI=1S/C20H17FN6O5/c1-3-26-19(29)15(24-27(20(26)30)13-7-5-12(21)6-8-13)16-23-18(32-25-16)17(28)22-10-14-9-4-11(2)31-14/h4-9H,3,10H2,1-2H3,(H,22,28). The van der Waals surface area contributed by atoms with Gasteiger partial charge in [0.15, 0.2) is 5.69 Å². The van der Waals surface area contributed by atoms with Gasteiger partial charge in [0.25, 0.3) is 5.56 Å². The number of rotatable bonds is 6. The Labute approximate surface area is 179 Å². The number of carbonyl (C=O) groups excluding carboxylic acids is 1. The van der Waals surface area contributed by atoms with Crippen LogP contribution in [0.25, 0.3) is 17.2 Å². The first-order chi connectivity index (χ1) is 15.4. The van der Waals surface area contributed by atoms with Crippen molar-refractivity contribution in [1.29, 1.82) is 0 Å². The van der Waals surface area contributed by atoms with E-state index in [1.54, 1.807) is 26.0 Å². The average Bonchev–Trinajstić information content (AvgIpc) is 3.43. The van der Waals surface area contributed by atoms with Gasteiger partial charge in [-0.25, -0.2) is 9.18 Å². The van der Waals surface area contributed by atoms with Gasteiger partial charge in [-0.05, 0) is 50.2 Å². The van der Waals surface area contributed by atoms with E-state index in [0.29, 0.717) is 11.5 Å². The topological polar surface area (TPSA) is 138 Å². The number of halogens is 1. The maximum atomic E-state index is 13.3. The van der Waals surface area contributed by atoms with E-state index in [0.717, 1.165) is 21.4 Å². The summed E-state index contributed by atoms with van der Waals surface area (Å²) in [6.45, 7) is 3.52. The summed E-state index contributed by atoms with van der Waals surface area (Å²) in [5.41, 5.74) is -1.55. The van der Waals surface area contributed by atoms with Gasteiger partial charge < -0.3 is 14.3 Å². The second-order valence-corrected chi connectivity index (χ2v) is 6.69. The number of carbonyl (C=O) groups is 1. The van der Waals surface area contributed by atoms with Crippen molar-refractivity contribution in [2.45, 2.75) is 26.9 Å². The molecule has 4 aromatic rings. The van der Waals surface area contributed by atoms with Crippen LogP contribution in [0.3, 0.4) is 0 Å². The molecule has 0 saturated carbocycles. The molecule has 0 aliphatic carbocycles. The van der Waals surface area contributed by atoms with E-state index in [-0.39, 0.29) is 30.3 Å². The molecular formula is C20H17FN6O5. The molecule has 0 aliphatic heterocycles.